The van der Waals surface area contributed by atoms with E-state index in [-0.39, 0.29) is 11.8 Å². The predicted octanol–water partition coefficient (Wildman–Crippen LogP) is 4.64. The van der Waals surface area contributed by atoms with E-state index in [2.05, 4.69) is 30.7 Å². The average Bonchev–Trinajstić information content (AvgIpc) is 2.65. The largest absolute Gasteiger partial charge is 0.339 e. The molecule has 0 unspecified atom stereocenters. The van der Waals surface area contributed by atoms with Crippen molar-refractivity contribution in [3.8, 4) is 0 Å². The van der Waals surface area contributed by atoms with Crippen LogP contribution < -0.4 is 0 Å². The van der Waals surface area contributed by atoms with Gasteiger partial charge in [-0.15, -0.1) is 0 Å². The topological polar surface area (TPSA) is 46.1 Å². The second-order valence-electron chi connectivity index (χ2n) is 6.99. The maximum atomic E-state index is 12.8. The number of amides is 1. The van der Waals surface area contributed by atoms with Crippen molar-refractivity contribution < 1.29 is 4.79 Å². The Hall–Kier alpha value is -1.62. The minimum absolute atomic E-state index is 0.241. The van der Waals surface area contributed by atoms with Crippen molar-refractivity contribution in [3.05, 3.63) is 30.1 Å². The van der Waals surface area contributed by atoms with Crippen molar-refractivity contribution in [2.75, 3.05) is 12.3 Å². The van der Waals surface area contributed by atoms with Crippen LogP contribution in [0.2, 0.25) is 0 Å². The van der Waals surface area contributed by atoms with Gasteiger partial charge in [-0.1, -0.05) is 50.7 Å². The summed E-state index contributed by atoms with van der Waals surface area (Å²) in [5.41, 5.74) is 0.959. The summed E-state index contributed by atoms with van der Waals surface area (Å²) in [4.78, 5) is 24.2. The molecule has 2 aromatic rings. The highest BCUT2D eigenvalue weighted by Crippen LogP contribution is 2.28. The first kappa shape index (κ1) is 18.2. The molecular weight excluding hydrogens is 330 g/mol. The standard InChI is InChI=1S/C20H27N3OS/c1-4-15-9-7-8-12-23(15)18(24)13-25-20-16-10-5-6-11-17(16)21-19(22-20)14(2)3/h5-6,10-11,14-15H,4,7-9,12-13H2,1-3H3/t15-/m0/s1. The summed E-state index contributed by atoms with van der Waals surface area (Å²) in [5, 5.41) is 1.96. The summed E-state index contributed by atoms with van der Waals surface area (Å²) >= 11 is 1.55. The number of thioether (sulfide) groups is 1. The zero-order chi connectivity index (χ0) is 17.8. The number of hydrogen-bond acceptors (Lipinski definition) is 4. The Labute approximate surface area is 154 Å². The van der Waals surface area contributed by atoms with Crippen LogP contribution in [0.15, 0.2) is 29.3 Å². The Morgan fingerprint density at radius 3 is 2.84 bits per heavy atom. The molecule has 1 aromatic carbocycles. The van der Waals surface area contributed by atoms with E-state index in [1.165, 1.54) is 6.42 Å². The van der Waals surface area contributed by atoms with E-state index >= 15 is 0 Å². The molecule has 0 saturated carbocycles. The van der Waals surface area contributed by atoms with E-state index in [1.54, 1.807) is 11.8 Å². The fraction of sp³-hybridized carbons (Fsp3) is 0.550. The van der Waals surface area contributed by atoms with Gasteiger partial charge in [0.1, 0.15) is 10.9 Å². The van der Waals surface area contributed by atoms with Gasteiger partial charge in [0.15, 0.2) is 0 Å². The average molecular weight is 358 g/mol. The van der Waals surface area contributed by atoms with E-state index < -0.39 is 0 Å². The monoisotopic (exact) mass is 357 g/mol. The van der Waals surface area contributed by atoms with Crippen molar-refractivity contribution >= 4 is 28.6 Å². The fourth-order valence-electron chi connectivity index (χ4n) is 3.40. The predicted molar refractivity (Wildman–Crippen MR) is 104 cm³/mol. The van der Waals surface area contributed by atoms with Crippen LogP contribution in [-0.4, -0.2) is 39.1 Å². The second-order valence-corrected chi connectivity index (χ2v) is 7.96. The molecule has 25 heavy (non-hydrogen) atoms. The van der Waals surface area contributed by atoms with Crippen molar-refractivity contribution in [1.82, 2.24) is 14.9 Å². The minimum atomic E-state index is 0.241. The van der Waals surface area contributed by atoms with Gasteiger partial charge in [-0.2, -0.15) is 0 Å². The summed E-state index contributed by atoms with van der Waals surface area (Å²) in [5.74, 6) is 1.81. The Morgan fingerprint density at radius 2 is 2.08 bits per heavy atom. The lowest BCUT2D eigenvalue weighted by atomic mass is 10.0. The molecule has 1 aliphatic heterocycles. The first-order chi connectivity index (χ1) is 12.1. The van der Waals surface area contributed by atoms with Crippen molar-refractivity contribution in [2.45, 2.75) is 63.4 Å². The Bertz CT molecular complexity index is 747. The molecule has 4 nitrogen and oxygen atoms in total. The molecule has 0 N–H and O–H groups in total. The zero-order valence-electron chi connectivity index (χ0n) is 15.4. The maximum absolute atomic E-state index is 12.8. The van der Waals surface area contributed by atoms with Gasteiger partial charge >= 0.3 is 0 Å². The first-order valence-electron chi connectivity index (χ1n) is 9.29. The smallest absolute Gasteiger partial charge is 0.233 e. The lowest BCUT2D eigenvalue weighted by Crippen LogP contribution is -2.44. The third kappa shape index (κ3) is 4.14. The van der Waals surface area contributed by atoms with Crippen LogP contribution in [0.25, 0.3) is 10.9 Å². The maximum Gasteiger partial charge on any atom is 0.233 e. The molecule has 1 aliphatic rings. The van der Waals surface area contributed by atoms with Crippen LogP contribution in [0.4, 0.5) is 0 Å². The molecule has 5 heteroatoms. The van der Waals surface area contributed by atoms with Gasteiger partial charge in [-0.05, 0) is 31.7 Å². The summed E-state index contributed by atoms with van der Waals surface area (Å²) in [6.45, 7) is 7.28. The van der Waals surface area contributed by atoms with Gasteiger partial charge in [0.05, 0.1) is 11.3 Å². The highest BCUT2D eigenvalue weighted by molar-refractivity contribution is 8.00. The van der Waals surface area contributed by atoms with Crippen LogP contribution in [0.3, 0.4) is 0 Å². The fourth-order valence-corrected chi connectivity index (χ4v) is 4.31. The number of hydrogen-bond donors (Lipinski definition) is 0. The molecule has 134 valence electrons. The normalized spacial score (nSPS) is 18.1. The molecule has 1 aromatic heterocycles. The van der Waals surface area contributed by atoms with Crippen LogP contribution >= 0.6 is 11.8 Å². The van der Waals surface area contributed by atoms with E-state index in [1.807, 2.05) is 24.3 Å². The highest BCUT2D eigenvalue weighted by atomic mass is 32.2. The lowest BCUT2D eigenvalue weighted by molar-refractivity contribution is -0.132. The number of carbonyl (C=O) groups excluding carboxylic acids is 1. The van der Waals surface area contributed by atoms with E-state index in [9.17, 15) is 4.79 Å². The molecule has 0 aliphatic carbocycles. The number of carbonyl (C=O) groups is 1. The molecule has 1 fully saturated rings. The first-order valence-corrected chi connectivity index (χ1v) is 10.3. The van der Waals surface area contributed by atoms with Gasteiger partial charge in [-0.3, -0.25) is 4.79 Å². The number of nitrogens with zero attached hydrogens (tertiary/aromatic N) is 3. The molecule has 1 amide bonds. The van der Waals surface area contributed by atoms with E-state index in [0.29, 0.717) is 11.8 Å². The summed E-state index contributed by atoms with van der Waals surface area (Å²) in [6, 6.07) is 8.48. The van der Waals surface area contributed by atoms with Crippen LogP contribution in [0.1, 0.15) is 58.2 Å². The van der Waals surface area contributed by atoms with Gasteiger partial charge in [0.2, 0.25) is 5.91 Å². The summed E-state index contributed by atoms with van der Waals surface area (Å²) < 4.78 is 0. The molecule has 3 rings (SSSR count). The Balaban J connectivity index is 1.79. The van der Waals surface area contributed by atoms with Crippen LogP contribution in [-0.2, 0) is 4.79 Å². The van der Waals surface area contributed by atoms with Gasteiger partial charge in [0, 0.05) is 23.9 Å². The number of fused-ring (bicyclic) bond motifs is 1. The summed E-state index contributed by atoms with van der Waals surface area (Å²) in [7, 11) is 0. The van der Waals surface area contributed by atoms with Crippen molar-refractivity contribution in [1.29, 1.82) is 0 Å². The number of likely N-dealkylation sites (tertiary alicyclic amines) is 1. The number of piperidine rings is 1. The highest BCUT2D eigenvalue weighted by Gasteiger charge is 2.25. The number of rotatable bonds is 5. The van der Waals surface area contributed by atoms with Gasteiger partial charge in [-0.25, -0.2) is 9.97 Å². The second kappa shape index (κ2) is 8.17. The van der Waals surface area contributed by atoms with Crippen LogP contribution in [0, 0.1) is 0 Å². The van der Waals surface area contributed by atoms with Gasteiger partial charge < -0.3 is 4.90 Å². The lowest BCUT2D eigenvalue weighted by Gasteiger charge is -2.35. The van der Waals surface area contributed by atoms with Gasteiger partial charge in [0.25, 0.3) is 0 Å². The third-order valence-corrected chi connectivity index (χ3v) is 5.83. The Morgan fingerprint density at radius 1 is 1.28 bits per heavy atom. The summed E-state index contributed by atoms with van der Waals surface area (Å²) in [6.07, 6.45) is 4.55. The van der Waals surface area contributed by atoms with E-state index in [0.717, 1.165) is 47.6 Å². The zero-order valence-corrected chi connectivity index (χ0v) is 16.2. The number of aromatic nitrogens is 2. The third-order valence-electron chi connectivity index (χ3n) is 4.85. The minimum Gasteiger partial charge on any atom is -0.339 e. The molecule has 0 spiro atoms. The van der Waals surface area contributed by atoms with Crippen molar-refractivity contribution in [2.24, 2.45) is 0 Å². The molecule has 1 atom stereocenters. The SMILES string of the molecule is CC[C@H]1CCCCN1C(=O)CSc1nc(C(C)C)nc2ccccc12. The molecule has 0 radical (unpaired) electrons. The van der Waals surface area contributed by atoms with Crippen molar-refractivity contribution in [3.63, 3.8) is 0 Å². The molecule has 2 heterocycles. The quantitative estimate of drug-likeness (QED) is 0.578. The van der Waals surface area contributed by atoms with Crippen LogP contribution in [0.5, 0.6) is 0 Å². The molecule has 1 saturated heterocycles. The Kier molecular flexibility index (Phi) is 5.94. The number of benzene rings is 1. The molecule has 0 bridgehead atoms. The van der Waals surface area contributed by atoms with E-state index in [4.69, 9.17) is 4.98 Å². The number of para-hydroxylation sites is 1. The molecular formula is C20H27N3OS.